The van der Waals surface area contributed by atoms with Crippen molar-refractivity contribution in [3.63, 3.8) is 0 Å². The lowest BCUT2D eigenvalue weighted by Gasteiger charge is -2.43. The summed E-state index contributed by atoms with van der Waals surface area (Å²) < 4.78 is 0. The maximum atomic E-state index is 13.3. The topological polar surface area (TPSA) is 112 Å². The highest BCUT2D eigenvalue weighted by atomic mass is 35.5. The number of hydrogen-bond donors (Lipinski definition) is 1. The average Bonchev–Trinajstić information content (AvgIpc) is 2.99. The van der Waals surface area contributed by atoms with Crippen molar-refractivity contribution in [2.24, 2.45) is 10.9 Å². The molecule has 4 rings (SSSR count). The molecule has 244 valence electrons. The zero-order valence-corrected chi connectivity index (χ0v) is 28.4. The second-order valence-corrected chi connectivity index (χ2v) is 13.1. The van der Waals surface area contributed by atoms with E-state index in [1.54, 1.807) is 41.1 Å². The molecule has 2 heterocycles. The van der Waals surface area contributed by atoms with Gasteiger partial charge in [-0.1, -0.05) is 57.6 Å². The lowest BCUT2D eigenvalue weighted by Crippen LogP contribution is -2.57. The molecule has 10 nitrogen and oxygen atoms in total. The minimum absolute atomic E-state index is 0.0523. The molecule has 2 fully saturated rings. The second-order valence-electron chi connectivity index (χ2n) is 11.4. The first-order valence-corrected chi connectivity index (χ1v) is 16.3. The van der Waals surface area contributed by atoms with Gasteiger partial charge in [-0.25, -0.2) is 4.79 Å². The Kier molecular flexibility index (Phi) is 12.6. The number of hydrogen-bond acceptors (Lipinski definition) is 6. The molecule has 2 aliphatic rings. The number of likely N-dealkylation sites (tertiary alicyclic amines) is 1. The van der Waals surface area contributed by atoms with Crippen molar-refractivity contribution in [1.29, 1.82) is 0 Å². The number of amides is 4. The zero-order chi connectivity index (χ0) is 32.7. The molecule has 2 aliphatic heterocycles. The number of carbonyl (C=O) groups excluding carboxylic acids is 3. The number of primary amides is 1. The summed E-state index contributed by atoms with van der Waals surface area (Å²) >= 11 is 25.0. The highest BCUT2D eigenvalue weighted by Crippen LogP contribution is 2.31. The van der Waals surface area contributed by atoms with Gasteiger partial charge in [0.2, 0.25) is 5.91 Å². The van der Waals surface area contributed by atoms with Gasteiger partial charge in [0, 0.05) is 60.8 Å². The van der Waals surface area contributed by atoms with Crippen LogP contribution >= 0.6 is 46.4 Å². The van der Waals surface area contributed by atoms with E-state index in [-0.39, 0.29) is 37.0 Å². The normalized spacial score (nSPS) is 17.4. The summed E-state index contributed by atoms with van der Waals surface area (Å²) in [5.74, 6) is -1.00. The quantitative estimate of drug-likeness (QED) is 0.228. The summed E-state index contributed by atoms with van der Waals surface area (Å²) in [7, 11) is 3.16. The number of halogens is 4. The number of rotatable bonds is 12. The van der Waals surface area contributed by atoms with Gasteiger partial charge < -0.3 is 30.2 Å². The zero-order valence-electron chi connectivity index (χ0n) is 25.4. The monoisotopic (exact) mass is 698 g/mol. The van der Waals surface area contributed by atoms with Crippen LogP contribution in [-0.4, -0.2) is 109 Å². The summed E-state index contributed by atoms with van der Waals surface area (Å²) in [6.07, 6.45) is 3.14. The van der Waals surface area contributed by atoms with E-state index in [0.717, 1.165) is 44.5 Å². The molecule has 0 bridgehead atoms. The van der Waals surface area contributed by atoms with Crippen LogP contribution in [0.5, 0.6) is 0 Å². The highest BCUT2D eigenvalue weighted by Gasteiger charge is 2.34. The number of nitrogens with two attached hydrogens (primary N) is 1. The van der Waals surface area contributed by atoms with Crippen LogP contribution in [0.4, 0.5) is 4.79 Å². The van der Waals surface area contributed by atoms with E-state index in [4.69, 9.17) is 57.0 Å². The number of piperidine rings is 1. The molecule has 2 N–H and O–H groups in total. The first kappa shape index (κ1) is 35.1. The van der Waals surface area contributed by atoms with Gasteiger partial charge in [0.25, 0.3) is 5.91 Å². The highest BCUT2D eigenvalue weighted by molar-refractivity contribution is 6.42. The van der Waals surface area contributed by atoms with Crippen LogP contribution in [-0.2, 0) is 9.63 Å². The Balaban J connectivity index is 1.45. The maximum absolute atomic E-state index is 13.3. The third kappa shape index (κ3) is 9.39. The molecule has 2 aromatic carbocycles. The van der Waals surface area contributed by atoms with E-state index in [9.17, 15) is 14.4 Å². The molecule has 0 aliphatic carbocycles. The predicted octanol–water partition coefficient (Wildman–Crippen LogP) is 5.63. The number of oxime groups is 1. The molecule has 1 atom stereocenters. The van der Waals surface area contributed by atoms with Gasteiger partial charge in [0.15, 0.2) is 0 Å². The van der Waals surface area contributed by atoms with Crippen LogP contribution < -0.4 is 5.73 Å². The smallest absolute Gasteiger partial charge is 0.320 e. The van der Waals surface area contributed by atoms with Crippen molar-refractivity contribution in [1.82, 2.24) is 19.6 Å². The van der Waals surface area contributed by atoms with E-state index in [1.807, 2.05) is 17.0 Å². The fraction of sp³-hybridized carbons (Fsp3) is 0.484. The Bertz CT molecular complexity index is 1400. The Labute approximate surface area is 283 Å². The standard InChI is InChI=1S/C31H38Cl4N6O4/c1-38(30(43)21-14-22(32)17-23(33)15-21)18-28(37-45-2)25(20-4-5-26(34)27(35)16-20)8-13-39-11-6-24(7-12-39)41-10-3-9-40(31(41)44)19-29(36)42/h4-5,14-17,24-25H,3,6-13,18-19H2,1-2H3,(H2,36,42)/b37-28-. The average molecular weight is 700 g/mol. The molecule has 0 radical (unpaired) electrons. The van der Waals surface area contributed by atoms with Crippen molar-refractivity contribution >= 4 is 70.0 Å². The summed E-state index contributed by atoms with van der Waals surface area (Å²) in [5, 5.41) is 5.98. The van der Waals surface area contributed by atoms with Crippen molar-refractivity contribution < 1.29 is 19.2 Å². The van der Waals surface area contributed by atoms with E-state index in [2.05, 4.69) is 10.1 Å². The Hall–Kier alpha value is -2.76. The van der Waals surface area contributed by atoms with Crippen LogP contribution in [0, 0.1) is 0 Å². The SMILES string of the molecule is CO/N=C(/CN(C)C(=O)c1cc(Cl)cc(Cl)c1)C(CCN1CCC(N2CCCN(CC(N)=O)C2=O)CC1)c1ccc(Cl)c(Cl)c1. The van der Waals surface area contributed by atoms with E-state index in [0.29, 0.717) is 50.9 Å². The number of benzene rings is 2. The molecule has 2 saturated heterocycles. The lowest BCUT2D eigenvalue weighted by molar-refractivity contribution is -0.119. The minimum Gasteiger partial charge on any atom is -0.399 e. The first-order chi connectivity index (χ1) is 21.5. The number of nitrogens with zero attached hydrogens (tertiary/aromatic N) is 5. The summed E-state index contributed by atoms with van der Waals surface area (Å²) in [5.41, 5.74) is 7.25. The van der Waals surface area contributed by atoms with Crippen LogP contribution in [0.2, 0.25) is 20.1 Å². The maximum Gasteiger partial charge on any atom is 0.320 e. The second kappa shape index (κ2) is 16.2. The Morgan fingerprint density at radius 2 is 1.71 bits per heavy atom. The van der Waals surface area contributed by atoms with E-state index >= 15 is 0 Å². The van der Waals surface area contributed by atoms with Gasteiger partial charge in [-0.05, 0) is 68.1 Å². The first-order valence-electron chi connectivity index (χ1n) is 14.8. The van der Waals surface area contributed by atoms with Crippen LogP contribution in [0.3, 0.4) is 0 Å². The Morgan fingerprint density at radius 1 is 1.02 bits per heavy atom. The van der Waals surface area contributed by atoms with Gasteiger partial charge in [-0.2, -0.15) is 0 Å². The van der Waals surface area contributed by atoms with E-state index < -0.39 is 5.91 Å². The molecule has 14 heteroatoms. The molecule has 2 aromatic rings. The van der Waals surface area contributed by atoms with Crippen molar-refractivity contribution in [2.75, 3.05) is 60.0 Å². The molecule has 0 saturated carbocycles. The van der Waals surface area contributed by atoms with Gasteiger partial charge in [-0.15, -0.1) is 0 Å². The summed E-state index contributed by atoms with van der Waals surface area (Å²) in [4.78, 5) is 50.4. The third-order valence-corrected chi connectivity index (χ3v) is 9.41. The molecule has 0 aromatic heterocycles. The van der Waals surface area contributed by atoms with Gasteiger partial charge in [0.1, 0.15) is 13.7 Å². The predicted molar refractivity (Wildman–Crippen MR) is 179 cm³/mol. The fourth-order valence-corrected chi connectivity index (χ4v) is 6.86. The minimum atomic E-state index is -0.502. The van der Waals surface area contributed by atoms with E-state index in [1.165, 1.54) is 7.11 Å². The molecular weight excluding hydrogens is 662 g/mol. The Morgan fingerprint density at radius 3 is 2.33 bits per heavy atom. The molecule has 45 heavy (non-hydrogen) atoms. The lowest BCUT2D eigenvalue weighted by atomic mass is 9.89. The molecule has 1 unspecified atom stereocenters. The van der Waals surface area contributed by atoms with Crippen LogP contribution in [0.25, 0.3) is 0 Å². The fourth-order valence-electron chi connectivity index (χ4n) is 6.03. The number of carbonyl (C=O) groups is 3. The molecule has 0 spiro atoms. The third-order valence-electron chi connectivity index (χ3n) is 8.23. The van der Waals surface area contributed by atoms with Gasteiger partial charge in [0.05, 0.1) is 22.3 Å². The van der Waals surface area contributed by atoms with Gasteiger partial charge >= 0.3 is 6.03 Å². The van der Waals surface area contributed by atoms with Crippen LogP contribution in [0.15, 0.2) is 41.6 Å². The molecular formula is C31H38Cl4N6O4. The molecule has 4 amide bonds. The van der Waals surface area contributed by atoms with Crippen LogP contribution in [0.1, 0.15) is 47.5 Å². The number of urea groups is 1. The summed E-state index contributed by atoms with van der Waals surface area (Å²) in [6, 6.07) is 10.2. The summed E-state index contributed by atoms with van der Waals surface area (Å²) in [6.45, 7) is 3.72. The van der Waals surface area contributed by atoms with Crippen molar-refractivity contribution in [3.8, 4) is 0 Å². The van der Waals surface area contributed by atoms with Crippen molar-refractivity contribution in [2.45, 2.75) is 37.6 Å². The largest absolute Gasteiger partial charge is 0.399 e. The van der Waals surface area contributed by atoms with Gasteiger partial charge in [-0.3, -0.25) is 9.59 Å². The van der Waals surface area contributed by atoms with Crippen molar-refractivity contribution in [3.05, 3.63) is 67.6 Å².